The molecule has 0 aliphatic carbocycles. The van der Waals surface area contributed by atoms with E-state index in [0.29, 0.717) is 11.1 Å². The average Bonchev–Trinajstić information content (AvgIpc) is 3.08. The van der Waals surface area contributed by atoms with E-state index in [-0.39, 0.29) is 81.1 Å². The first-order valence-corrected chi connectivity index (χ1v) is 16.9. The molecule has 0 fully saturated rings. The number of phenolic OH excluding ortho intramolecular Hbond substituents is 1. The molecule has 2 aromatic rings. The van der Waals surface area contributed by atoms with E-state index in [2.05, 4.69) is 31.6 Å². The fourth-order valence-electron chi connectivity index (χ4n) is 5.00. The van der Waals surface area contributed by atoms with Crippen LogP contribution < -0.4 is 43.8 Å². The number of aromatic hydroxyl groups is 1. The van der Waals surface area contributed by atoms with Gasteiger partial charge >= 0.3 is 5.97 Å². The van der Waals surface area contributed by atoms with Crippen LogP contribution in [0.5, 0.6) is 5.75 Å². The highest BCUT2D eigenvalue weighted by Crippen LogP contribution is 2.12. The van der Waals surface area contributed by atoms with Crippen molar-refractivity contribution < 1.29 is 39.0 Å². The number of aliphatic imine (C=N–C) groups is 1. The molecule has 2 rings (SSSR count). The lowest BCUT2D eigenvalue weighted by atomic mass is 10.0. The van der Waals surface area contributed by atoms with Crippen LogP contribution in [-0.2, 0) is 41.6 Å². The zero-order valence-corrected chi connectivity index (χ0v) is 32.1. The Morgan fingerprint density at radius 1 is 0.722 bits per heavy atom. The van der Waals surface area contributed by atoms with Crippen LogP contribution in [0.1, 0.15) is 51.2 Å². The number of halogens is 2. The number of hydrogen-bond acceptors (Lipinski definition) is 9. The minimum Gasteiger partial charge on any atom is -0.508 e. The molecule has 19 heteroatoms. The number of carboxylic acid groups (broad SMARTS) is 1. The first-order chi connectivity index (χ1) is 24.5. The molecule has 54 heavy (non-hydrogen) atoms. The fourth-order valence-corrected chi connectivity index (χ4v) is 5.00. The van der Waals surface area contributed by atoms with Crippen molar-refractivity contribution in [3.8, 4) is 5.75 Å². The third-order valence-corrected chi connectivity index (χ3v) is 7.74. The highest BCUT2D eigenvalue weighted by Gasteiger charge is 2.30. The van der Waals surface area contributed by atoms with E-state index in [1.54, 1.807) is 42.5 Å². The normalized spacial score (nSPS) is 13.2. The van der Waals surface area contributed by atoms with Gasteiger partial charge in [0.15, 0.2) is 5.96 Å². The molecule has 0 saturated heterocycles. The Balaban J connectivity index is 0.0000140. The molecular formula is C35H53Cl2N9O8. The molecule has 3 unspecified atom stereocenters. The molecule has 0 heterocycles. The summed E-state index contributed by atoms with van der Waals surface area (Å²) in [6.45, 7) is 4.71. The van der Waals surface area contributed by atoms with E-state index in [1.165, 1.54) is 19.1 Å². The van der Waals surface area contributed by atoms with E-state index in [9.17, 15) is 39.0 Å². The van der Waals surface area contributed by atoms with Crippen molar-refractivity contribution in [2.45, 2.75) is 83.1 Å². The third-order valence-electron chi connectivity index (χ3n) is 7.74. The van der Waals surface area contributed by atoms with Crippen LogP contribution in [0.3, 0.4) is 0 Å². The Bertz CT molecular complexity index is 1540. The van der Waals surface area contributed by atoms with E-state index in [1.807, 2.05) is 13.8 Å². The van der Waals surface area contributed by atoms with Crippen LogP contribution in [0.25, 0.3) is 0 Å². The lowest BCUT2D eigenvalue weighted by molar-refractivity contribution is -0.142. The van der Waals surface area contributed by atoms with Crippen molar-refractivity contribution in [1.29, 1.82) is 0 Å². The predicted molar refractivity (Wildman–Crippen MR) is 208 cm³/mol. The SMILES string of the molecule is CC(C)CC(NC(=O)C(Cc1ccccc1)NC(=O)CNC(=O)[C@H](C)NC(=O)C(N)Cc1ccc(O)cc1)C(=O)N[C@H](CCCN=C(N)N)C(=O)O.Cl.Cl. The number of amides is 5. The standard InChI is InChI=1S/C35H51N9O8.2ClH/c1-20(2)16-27(32(49)43-26(34(51)52)10-7-15-39-35(37)38)44-33(50)28(18-22-8-5-4-6-9-22)42-29(46)19-40-30(47)21(3)41-31(48)25(36)17-23-11-13-24(45)14-12-23;;/h4-6,8-9,11-14,20-21,25-28,45H,7,10,15-19,36H2,1-3H3,(H,40,47)(H,41,48)(H,42,46)(H,43,49)(H,44,50)(H,51,52)(H4,37,38,39);2*1H/t21-,25?,26+,27?,28?;;/m0../s1. The second-order valence-electron chi connectivity index (χ2n) is 12.8. The fraction of sp³-hybridized carbons (Fsp3) is 0.457. The number of guanidine groups is 1. The minimum absolute atomic E-state index is 0. The molecule has 0 aliphatic heterocycles. The third kappa shape index (κ3) is 18.6. The molecule has 0 aromatic heterocycles. The Hall–Kier alpha value is -5.13. The van der Waals surface area contributed by atoms with Crippen LogP contribution in [0.2, 0.25) is 0 Å². The summed E-state index contributed by atoms with van der Waals surface area (Å²) in [4.78, 5) is 80.9. The van der Waals surface area contributed by atoms with Crippen LogP contribution in [0.4, 0.5) is 0 Å². The summed E-state index contributed by atoms with van der Waals surface area (Å²) in [6, 6.07) is 9.37. The number of carboxylic acids is 1. The van der Waals surface area contributed by atoms with Crippen LogP contribution in [0.15, 0.2) is 59.6 Å². The van der Waals surface area contributed by atoms with Crippen molar-refractivity contribution in [3.05, 3.63) is 65.7 Å². The van der Waals surface area contributed by atoms with E-state index in [0.717, 1.165) is 0 Å². The maximum absolute atomic E-state index is 13.6. The Kier molecular flexibility index (Phi) is 22.6. The molecule has 17 nitrogen and oxygen atoms in total. The number of carbonyl (C=O) groups is 6. The van der Waals surface area contributed by atoms with Crippen LogP contribution in [-0.4, -0.2) is 95.0 Å². The zero-order chi connectivity index (χ0) is 38.8. The smallest absolute Gasteiger partial charge is 0.326 e. The molecule has 0 bridgehead atoms. The Morgan fingerprint density at radius 3 is 1.87 bits per heavy atom. The highest BCUT2D eigenvalue weighted by molar-refractivity contribution is 5.95. The monoisotopic (exact) mass is 797 g/mol. The number of carbonyl (C=O) groups excluding carboxylic acids is 5. The molecule has 5 amide bonds. The van der Waals surface area contributed by atoms with Crippen molar-refractivity contribution in [2.24, 2.45) is 28.1 Å². The molecule has 0 radical (unpaired) electrons. The minimum atomic E-state index is -1.27. The number of nitrogens with one attached hydrogen (secondary N) is 5. The van der Waals surface area contributed by atoms with Gasteiger partial charge in [-0.05, 0) is 61.8 Å². The molecule has 0 aliphatic rings. The van der Waals surface area contributed by atoms with Gasteiger partial charge in [0.1, 0.15) is 29.9 Å². The van der Waals surface area contributed by atoms with Gasteiger partial charge < -0.3 is 54.0 Å². The molecule has 13 N–H and O–H groups in total. The average molecular weight is 799 g/mol. The van der Waals surface area contributed by atoms with Gasteiger partial charge in [-0.3, -0.25) is 29.0 Å². The Labute approximate surface area is 326 Å². The lowest BCUT2D eigenvalue weighted by Gasteiger charge is -2.26. The van der Waals surface area contributed by atoms with Crippen molar-refractivity contribution >= 4 is 66.3 Å². The maximum atomic E-state index is 13.6. The number of phenols is 1. The maximum Gasteiger partial charge on any atom is 0.326 e. The molecule has 300 valence electrons. The first-order valence-electron chi connectivity index (χ1n) is 16.9. The molecule has 5 atom stereocenters. The van der Waals surface area contributed by atoms with E-state index < -0.39 is 72.3 Å². The summed E-state index contributed by atoms with van der Waals surface area (Å²) >= 11 is 0. The molecule has 2 aromatic carbocycles. The van der Waals surface area contributed by atoms with Crippen LogP contribution >= 0.6 is 24.8 Å². The number of aliphatic carboxylic acids is 1. The van der Waals surface area contributed by atoms with Gasteiger partial charge in [0, 0.05) is 13.0 Å². The van der Waals surface area contributed by atoms with Crippen LogP contribution in [0, 0.1) is 5.92 Å². The second kappa shape index (κ2) is 25.0. The van der Waals surface area contributed by atoms with Gasteiger partial charge in [-0.1, -0.05) is 56.3 Å². The quantitative estimate of drug-likeness (QED) is 0.0441. The number of benzene rings is 2. The second-order valence-corrected chi connectivity index (χ2v) is 12.8. The summed E-state index contributed by atoms with van der Waals surface area (Å²) in [7, 11) is 0. The highest BCUT2D eigenvalue weighted by atomic mass is 35.5. The summed E-state index contributed by atoms with van der Waals surface area (Å²) in [5.41, 5.74) is 18.0. The van der Waals surface area contributed by atoms with Gasteiger partial charge in [-0.15, -0.1) is 24.8 Å². The largest absolute Gasteiger partial charge is 0.508 e. The zero-order valence-electron chi connectivity index (χ0n) is 30.4. The van der Waals surface area contributed by atoms with Gasteiger partial charge in [0.2, 0.25) is 29.5 Å². The Morgan fingerprint density at radius 2 is 1.30 bits per heavy atom. The van der Waals surface area contributed by atoms with Crippen molar-refractivity contribution in [1.82, 2.24) is 26.6 Å². The van der Waals surface area contributed by atoms with Gasteiger partial charge in [0.05, 0.1) is 12.6 Å². The van der Waals surface area contributed by atoms with E-state index in [4.69, 9.17) is 17.2 Å². The predicted octanol–water partition coefficient (Wildman–Crippen LogP) is -0.392. The van der Waals surface area contributed by atoms with Crippen molar-refractivity contribution in [2.75, 3.05) is 13.1 Å². The number of nitrogens with two attached hydrogens (primary N) is 3. The van der Waals surface area contributed by atoms with Crippen molar-refractivity contribution in [3.63, 3.8) is 0 Å². The molecule has 0 spiro atoms. The number of rotatable bonds is 21. The summed E-state index contributed by atoms with van der Waals surface area (Å²) in [5.74, 6) is -4.83. The summed E-state index contributed by atoms with van der Waals surface area (Å²) < 4.78 is 0. The first kappa shape index (κ1) is 48.9. The molecular weight excluding hydrogens is 745 g/mol. The van der Waals surface area contributed by atoms with Gasteiger partial charge in [0.25, 0.3) is 0 Å². The lowest BCUT2D eigenvalue weighted by Crippen LogP contribution is -2.57. The summed E-state index contributed by atoms with van der Waals surface area (Å²) in [5, 5.41) is 31.8. The topological polar surface area (TPSA) is 293 Å². The number of hydrogen-bond donors (Lipinski definition) is 10. The van der Waals surface area contributed by atoms with Gasteiger partial charge in [-0.2, -0.15) is 0 Å². The number of nitrogens with zero attached hydrogens (tertiary/aromatic N) is 1. The summed E-state index contributed by atoms with van der Waals surface area (Å²) in [6.07, 6.45) is 0.679. The van der Waals surface area contributed by atoms with Gasteiger partial charge in [-0.25, -0.2) is 4.79 Å². The molecule has 0 saturated carbocycles. The van der Waals surface area contributed by atoms with E-state index >= 15 is 0 Å².